The molecule has 1 saturated carbocycles. The summed E-state index contributed by atoms with van der Waals surface area (Å²) in [7, 11) is 0. The van der Waals surface area contributed by atoms with Crippen LogP contribution in [0.1, 0.15) is 42.4 Å². The fourth-order valence-electron chi connectivity index (χ4n) is 3.05. The second-order valence-electron chi connectivity index (χ2n) is 5.83. The van der Waals surface area contributed by atoms with Crippen molar-refractivity contribution >= 4 is 5.69 Å². The van der Waals surface area contributed by atoms with Gasteiger partial charge in [-0.1, -0.05) is 17.7 Å². The lowest BCUT2D eigenvalue weighted by molar-refractivity contribution is 0.111. The van der Waals surface area contributed by atoms with Crippen LogP contribution < -0.4 is 5.32 Å². The van der Waals surface area contributed by atoms with Gasteiger partial charge in [0.2, 0.25) is 0 Å². The van der Waals surface area contributed by atoms with Crippen molar-refractivity contribution in [1.82, 2.24) is 0 Å². The molecule has 1 aliphatic rings. The predicted molar refractivity (Wildman–Crippen MR) is 77.1 cm³/mol. The van der Waals surface area contributed by atoms with E-state index in [1.54, 1.807) is 0 Å². The minimum atomic E-state index is -0.0518. The topological polar surface area (TPSA) is 32.3 Å². The van der Waals surface area contributed by atoms with Crippen molar-refractivity contribution in [2.75, 3.05) is 11.9 Å². The van der Waals surface area contributed by atoms with Crippen LogP contribution in [0.15, 0.2) is 12.1 Å². The first-order valence-electron chi connectivity index (χ1n) is 7.06. The third kappa shape index (κ3) is 3.26. The van der Waals surface area contributed by atoms with E-state index in [-0.39, 0.29) is 6.10 Å². The summed E-state index contributed by atoms with van der Waals surface area (Å²) >= 11 is 0. The first-order valence-corrected chi connectivity index (χ1v) is 7.06. The van der Waals surface area contributed by atoms with Gasteiger partial charge in [-0.05, 0) is 63.5 Å². The Bertz CT molecular complexity index is 383. The quantitative estimate of drug-likeness (QED) is 0.855. The van der Waals surface area contributed by atoms with E-state index in [0.29, 0.717) is 5.92 Å². The van der Waals surface area contributed by atoms with Gasteiger partial charge in [0.1, 0.15) is 0 Å². The molecule has 18 heavy (non-hydrogen) atoms. The van der Waals surface area contributed by atoms with Gasteiger partial charge in [-0.2, -0.15) is 0 Å². The van der Waals surface area contributed by atoms with Crippen molar-refractivity contribution in [3.63, 3.8) is 0 Å². The lowest BCUT2D eigenvalue weighted by Crippen LogP contribution is -2.24. The van der Waals surface area contributed by atoms with E-state index in [9.17, 15) is 5.11 Å². The Kier molecular flexibility index (Phi) is 4.28. The molecule has 0 saturated heterocycles. The molecule has 1 aliphatic carbocycles. The Labute approximate surface area is 110 Å². The second-order valence-corrected chi connectivity index (χ2v) is 5.83. The molecule has 0 spiro atoms. The average Bonchev–Trinajstić information content (AvgIpc) is 2.30. The van der Waals surface area contributed by atoms with Crippen molar-refractivity contribution in [1.29, 1.82) is 0 Å². The van der Waals surface area contributed by atoms with Crippen LogP contribution in [0.2, 0.25) is 0 Å². The maximum absolute atomic E-state index is 9.51. The zero-order valence-corrected chi connectivity index (χ0v) is 11.8. The Morgan fingerprint density at radius 1 is 1.06 bits per heavy atom. The second kappa shape index (κ2) is 5.75. The SMILES string of the molecule is Cc1cc(C)c(NCC2CCC(O)CC2)c(C)c1. The van der Waals surface area contributed by atoms with Gasteiger partial charge in [-0.15, -0.1) is 0 Å². The highest BCUT2D eigenvalue weighted by Gasteiger charge is 2.19. The minimum absolute atomic E-state index is 0.0518. The first kappa shape index (κ1) is 13.4. The van der Waals surface area contributed by atoms with Crippen LogP contribution in [0, 0.1) is 26.7 Å². The van der Waals surface area contributed by atoms with E-state index in [1.165, 1.54) is 22.4 Å². The molecule has 0 bridgehead atoms. The van der Waals surface area contributed by atoms with Gasteiger partial charge in [0, 0.05) is 12.2 Å². The van der Waals surface area contributed by atoms with Crippen LogP contribution in [0.25, 0.3) is 0 Å². The number of hydrogen-bond acceptors (Lipinski definition) is 2. The monoisotopic (exact) mass is 247 g/mol. The molecular formula is C16H25NO. The summed E-state index contributed by atoms with van der Waals surface area (Å²) in [6, 6.07) is 4.47. The Morgan fingerprint density at radius 3 is 2.17 bits per heavy atom. The van der Waals surface area contributed by atoms with E-state index in [2.05, 4.69) is 38.2 Å². The van der Waals surface area contributed by atoms with Crippen molar-refractivity contribution in [3.8, 4) is 0 Å². The number of aryl methyl sites for hydroxylation is 3. The van der Waals surface area contributed by atoms with Gasteiger partial charge in [0.15, 0.2) is 0 Å². The molecule has 2 N–H and O–H groups in total. The molecule has 0 heterocycles. The highest BCUT2D eigenvalue weighted by atomic mass is 16.3. The molecule has 1 fully saturated rings. The van der Waals surface area contributed by atoms with Crippen molar-refractivity contribution in [2.24, 2.45) is 5.92 Å². The summed E-state index contributed by atoms with van der Waals surface area (Å²) in [4.78, 5) is 0. The van der Waals surface area contributed by atoms with Gasteiger partial charge in [0.25, 0.3) is 0 Å². The zero-order chi connectivity index (χ0) is 13.1. The van der Waals surface area contributed by atoms with Crippen molar-refractivity contribution in [3.05, 3.63) is 28.8 Å². The smallest absolute Gasteiger partial charge is 0.0540 e. The molecule has 100 valence electrons. The van der Waals surface area contributed by atoms with Crippen molar-refractivity contribution in [2.45, 2.75) is 52.6 Å². The van der Waals surface area contributed by atoms with Gasteiger partial charge in [0.05, 0.1) is 6.10 Å². The Balaban J connectivity index is 1.94. The van der Waals surface area contributed by atoms with E-state index in [4.69, 9.17) is 0 Å². The summed E-state index contributed by atoms with van der Waals surface area (Å²) in [6.45, 7) is 7.53. The van der Waals surface area contributed by atoms with Crippen LogP contribution in [0.3, 0.4) is 0 Å². The summed E-state index contributed by atoms with van der Waals surface area (Å²) in [5.41, 5.74) is 5.30. The van der Waals surface area contributed by atoms with E-state index in [1.807, 2.05) is 0 Å². The zero-order valence-electron chi connectivity index (χ0n) is 11.8. The number of aliphatic hydroxyl groups is 1. The number of benzene rings is 1. The molecule has 1 aromatic rings. The summed E-state index contributed by atoms with van der Waals surface area (Å²) in [5.74, 6) is 0.716. The van der Waals surface area contributed by atoms with Crippen LogP contribution >= 0.6 is 0 Å². The lowest BCUT2D eigenvalue weighted by Gasteiger charge is -2.26. The first-order chi connectivity index (χ1) is 8.56. The van der Waals surface area contributed by atoms with Crippen LogP contribution in [-0.2, 0) is 0 Å². The van der Waals surface area contributed by atoms with Crippen LogP contribution in [-0.4, -0.2) is 17.8 Å². The normalized spacial score (nSPS) is 24.0. The van der Waals surface area contributed by atoms with E-state index < -0.39 is 0 Å². The van der Waals surface area contributed by atoms with Crippen molar-refractivity contribution < 1.29 is 5.11 Å². The Morgan fingerprint density at radius 2 is 1.61 bits per heavy atom. The highest BCUT2D eigenvalue weighted by molar-refractivity contribution is 5.58. The molecule has 2 nitrogen and oxygen atoms in total. The Hall–Kier alpha value is -1.02. The molecule has 0 aliphatic heterocycles. The van der Waals surface area contributed by atoms with Gasteiger partial charge < -0.3 is 10.4 Å². The summed E-state index contributed by atoms with van der Waals surface area (Å²) < 4.78 is 0. The van der Waals surface area contributed by atoms with Gasteiger partial charge >= 0.3 is 0 Å². The largest absolute Gasteiger partial charge is 0.393 e. The molecule has 0 atom stereocenters. The summed E-state index contributed by atoms with van der Waals surface area (Å²) in [6.07, 6.45) is 4.19. The molecular weight excluding hydrogens is 222 g/mol. The number of rotatable bonds is 3. The van der Waals surface area contributed by atoms with Gasteiger partial charge in [-0.25, -0.2) is 0 Å². The van der Waals surface area contributed by atoms with E-state index in [0.717, 1.165) is 32.2 Å². The number of hydrogen-bond donors (Lipinski definition) is 2. The van der Waals surface area contributed by atoms with Gasteiger partial charge in [-0.3, -0.25) is 0 Å². The van der Waals surface area contributed by atoms with E-state index >= 15 is 0 Å². The molecule has 0 unspecified atom stereocenters. The molecule has 1 aromatic carbocycles. The summed E-state index contributed by atoms with van der Waals surface area (Å²) in [5, 5.41) is 13.1. The molecule has 0 radical (unpaired) electrons. The molecule has 2 rings (SSSR count). The highest BCUT2D eigenvalue weighted by Crippen LogP contribution is 2.26. The average molecular weight is 247 g/mol. The fraction of sp³-hybridized carbons (Fsp3) is 0.625. The fourth-order valence-corrected chi connectivity index (χ4v) is 3.05. The van der Waals surface area contributed by atoms with Crippen LogP contribution in [0.5, 0.6) is 0 Å². The third-order valence-electron chi connectivity index (χ3n) is 4.06. The minimum Gasteiger partial charge on any atom is -0.393 e. The number of aliphatic hydroxyl groups excluding tert-OH is 1. The molecule has 0 amide bonds. The number of nitrogens with one attached hydrogen (secondary N) is 1. The maximum Gasteiger partial charge on any atom is 0.0540 e. The molecule has 2 heteroatoms. The maximum atomic E-state index is 9.51. The predicted octanol–water partition coefficient (Wildman–Crippen LogP) is 3.57. The van der Waals surface area contributed by atoms with Crippen LogP contribution in [0.4, 0.5) is 5.69 Å². The molecule has 0 aromatic heterocycles. The third-order valence-corrected chi connectivity index (χ3v) is 4.06. The standard InChI is InChI=1S/C16H25NO/c1-11-8-12(2)16(13(3)9-11)17-10-14-4-6-15(18)7-5-14/h8-9,14-15,17-18H,4-7,10H2,1-3H3. The lowest BCUT2D eigenvalue weighted by atomic mass is 9.87. The number of anilines is 1.